The summed E-state index contributed by atoms with van der Waals surface area (Å²) in [6, 6.07) is 0. The Morgan fingerprint density at radius 1 is 0.265 bits per heavy atom. The van der Waals surface area contributed by atoms with Gasteiger partial charge in [0.1, 0.15) is 19.3 Å². The second-order valence-corrected chi connectivity index (χ2v) is 33.7. The molecule has 0 amide bonds. The summed E-state index contributed by atoms with van der Waals surface area (Å²) in [5, 5.41) is 10.6. The molecule has 0 aromatic heterocycles. The van der Waals surface area contributed by atoms with Crippen LogP contribution in [-0.4, -0.2) is 96.7 Å². The van der Waals surface area contributed by atoms with E-state index < -0.39 is 97.5 Å². The van der Waals surface area contributed by atoms with Crippen LogP contribution in [0.25, 0.3) is 0 Å². The van der Waals surface area contributed by atoms with Gasteiger partial charge in [-0.2, -0.15) is 0 Å². The molecular formula is C83H162O17P2. The van der Waals surface area contributed by atoms with Crippen molar-refractivity contribution in [3.63, 3.8) is 0 Å². The molecule has 2 unspecified atom stereocenters. The van der Waals surface area contributed by atoms with E-state index >= 15 is 0 Å². The van der Waals surface area contributed by atoms with Gasteiger partial charge >= 0.3 is 39.5 Å². The Morgan fingerprint density at radius 3 is 0.667 bits per heavy atom. The van der Waals surface area contributed by atoms with Crippen LogP contribution in [0.1, 0.15) is 440 Å². The number of carbonyl (C=O) groups excluding carboxylic acids is 4. The first-order chi connectivity index (χ1) is 49.4. The fourth-order valence-electron chi connectivity index (χ4n) is 12.9. The van der Waals surface area contributed by atoms with E-state index in [0.717, 1.165) is 108 Å². The summed E-state index contributed by atoms with van der Waals surface area (Å²) >= 11 is 0. The molecule has 5 atom stereocenters. The molecule has 0 spiro atoms. The van der Waals surface area contributed by atoms with Crippen LogP contribution in [0, 0.1) is 11.8 Å². The highest BCUT2D eigenvalue weighted by atomic mass is 31.2. The lowest BCUT2D eigenvalue weighted by Crippen LogP contribution is -2.30. The summed E-state index contributed by atoms with van der Waals surface area (Å²) < 4.78 is 68.7. The Bertz CT molecular complexity index is 1960. The average Bonchev–Trinajstić information content (AvgIpc) is 0.921. The van der Waals surface area contributed by atoms with Gasteiger partial charge in [-0.25, -0.2) is 9.13 Å². The van der Waals surface area contributed by atoms with Crippen molar-refractivity contribution in [2.24, 2.45) is 11.8 Å². The highest BCUT2D eigenvalue weighted by Gasteiger charge is 2.30. The summed E-state index contributed by atoms with van der Waals surface area (Å²) in [6.45, 7) is 9.67. The van der Waals surface area contributed by atoms with E-state index in [2.05, 4.69) is 41.5 Å². The largest absolute Gasteiger partial charge is 0.472 e. The van der Waals surface area contributed by atoms with E-state index in [0.29, 0.717) is 25.7 Å². The van der Waals surface area contributed by atoms with Gasteiger partial charge in [0.25, 0.3) is 0 Å². The molecule has 606 valence electrons. The molecule has 0 rings (SSSR count). The monoisotopic (exact) mass is 1490 g/mol. The van der Waals surface area contributed by atoms with Crippen molar-refractivity contribution >= 4 is 39.5 Å². The molecule has 0 saturated heterocycles. The minimum Gasteiger partial charge on any atom is -0.462 e. The molecule has 17 nitrogen and oxygen atoms in total. The molecule has 0 heterocycles. The molecule has 0 aromatic carbocycles. The summed E-state index contributed by atoms with van der Waals surface area (Å²) in [7, 11) is -9.92. The Labute approximate surface area is 626 Å². The zero-order valence-corrected chi connectivity index (χ0v) is 68.7. The minimum absolute atomic E-state index is 0.108. The van der Waals surface area contributed by atoms with Gasteiger partial charge in [0, 0.05) is 25.7 Å². The molecule has 0 fully saturated rings. The standard InChI is InChI=1S/C83H162O17P2/c1-7-9-11-13-15-17-18-19-20-21-22-23-26-33-38-43-49-55-61-67-83(88)100-79(72-94-81(86)66-60-54-48-42-37-32-27-24-25-30-35-40-45-51-57-63-75(3)4)74-98-102(91,92)96-70-77(84)69-95-101(89,90)97-73-78(71-93-80(85)65-59-53-47-16-14-12-10-8-2)99-82(87)68-62-56-50-44-39-34-29-28-31-36-41-46-52-58-64-76(5)6/h75-79,84H,7-74H2,1-6H3,(H,89,90)(H,91,92)/t77-,78+,79+/m0/s1. The summed E-state index contributed by atoms with van der Waals surface area (Å²) in [5.41, 5.74) is 0. The average molecular weight is 1490 g/mol. The maximum atomic E-state index is 13.1. The van der Waals surface area contributed by atoms with Crippen LogP contribution in [-0.2, 0) is 65.4 Å². The lowest BCUT2D eigenvalue weighted by atomic mass is 10.0. The van der Waals surface area contributed by atoms with Crippen LogP contribution in [0.2, 0.25) is 0 Å². The first-order valence-corrected chi connectivity index (χ1v) is 46.0. The minimum atomic E-state index is -4.96. The molecule has 0 saturated carbocycles. The lowest BCUT2D eigenvalue weighted by Gasteiger charge is -2.21. The fraction of sp³-hybridized carbons (Fsp3) is 0.952. The van der Waals surface area contributed by atoms with E-state index in [1.807, 2.05) is 0 Å². The van der Waals surface area contributed by atoms with Gasteiger partial charge in [-0.3, -0.25) is 37.3 Å². The summed E-state index contributed by atoms with van der Waals surface area (Å²) in [6.07, 6.45) is 65.3. The van der Waals surface area contributed by atoms with Crippen molar-refractivity contribution in [3.8, 4) is 0 Å². The second-order valence-electron chi connectivity index (χ2n) is 30.8. The number of aliphatic hydroxyl groups excluding tert-OH is 1. The Balaban J connectivity index is 5.20. The van der Waals surface area contributed by atoms with Gasteiger partial charge in [-0.15, -0.1) is 0 Å². The third-order valence-electron chi connectivity index (χ3n) is 19.5. The predicted molar refractivity (Wildman–Crippen MR) is 418 cm³/mol. The molecule has 0 aliphatic rings. The Morgan fingerprint density at radius 2 is 0.451 bits per heavy atom. The van der Waals surface area contributed by atoms with Crippen molar-refractivity contribution in [2.75, 3.05) is 39.6 Å². The van der Waals surface area contributed by atoms with Crippen LogP contribution in [0.15, 0.2) is 0 Å². The molecular weight excluding hydrogens is 1330 g/mol. The molecule has 0 aliphatic heterocycles. The van der Waals surface area contributed by atoms with Crippen LogP contribution < -0.4 is 0 Å². The lowest BCUT2D eigenvalue weighted by molar-refractivity contribution is -0.161. The first-order valence-electron chi connectivity index (χ1n) is 43.0. The van der Waals surface area contributed by atoms with Crippen molar-refractivity contribution in [1.29, 1.82) is 0 Å². The van der Waals surface area contributed by atoms with Gasteiger partial charge in [0.05, 0.1) is 26.4 Å². The number of rotatable bonds is 82. The van der Waals surface area contributed by atoms with E-state index in [1.165, 1.54) is 250 Å². The van der Waals surface area contributed by atoms with Gasteiger partial charge in [0.15, 0.2) is 12.2 Å². The topological polar surface area (TPSA) is 237 Å². The predicted octanol–water partition coefficient (Wildman–Crippen LogP) is 25.1. The highest BCUT2D eigenvalue weighted by molar-refractivity contribution is 7.47. The number of hydrogen-bond donors (Lipinski definition) is 3. The molecule has 0 aromatic rings. The summed E-state index contributed by atoms with van der Waals surface area (Å²) in [4.78, 5) is 73.0. The van der Waals surface area contributed by atoms with Crippen molar-refractivity contribution < 1.29 is 80.2 Å². The van der Waals surface area contributed by atoms with Crippen LogP contribution >= 0.6 is 15.6 Å². The first kappa shape index (κ1) is 100. The van der Waals surface area contributed by atoms with E-state index in [9.17, 15) is 43.2 Å². The number of carbonyl (C=O) groups is 4. The number of phosphoric ester groups is 2. The van der Waals surface area contributed by atoms with Gasteiger partial charge < -0.3 is 33.8 Å². The van der Waals surface area contributed by atoms with Crippen molar-refractivity contribution in [3.05, 3.63) is 0 Å². The maximum absolute atomic E-state index is 13.1. The van der Waals surface area contributed by atoms with Crippen LogP contribution in [0.3, 0.4) is 0 Å². The third kappa shape index (κ3) is 76.3. The number of esters is 4. The van der Waals surface area contributed by atoms with Crippen molar-refractivity contribution in [2.45, 2.75) is 458 Å². The van der Waals surface area contributed by atoms with Gasteiger partial charge in [0.2, 0.25) is 0 Å². The quantitative estimate of drug-likeness (QED) is 0.0222. The Kier molecular flexibility index (Phi) is 73.1. The molecule has 3 N–H and O–H groups in total. The van der Waals surface area contributed by atoms with Crippen LogP contribution in [0.5, 0.6) is 0 Å². The molecule has 0 radical (unpaired) electrons. The smallest absolute Gasteiger partial charge is 0.462 e. The number of phosphoric acid groups is 2. The third-order valence-corrected chi connectivity index (χ3v) is 21.4. The number of unbranched alkanes of at least 4 members (excludes halogenated alkanes) is 52. The molecule has 19 heteroatoms. The normalized spacial score (nSPS) is 13.9. The number of ether oxygens (including phenoxy) is 4. The maximum Gasteiger partial charge on any atom is 0.472 e. The van der Waals surface area contributed by atoms with E-state index in [4.69, 9.17) is 37.0 Å². The second kappa shape index (κ2) is 74.5. The van der Waals surface area contributed by atoms with Crippen LogP contribution in [0.4, 0.5) is 0 Å². The van der Waals surface area contributed by atoms with Crippen molar-refractivity contribution in [1.82, 2.24) is 0 Å². The van der Waals surface area contributed by atoms with Gasteiger partial charge in [-0.1, -0.05) is 388 Å². The zero-order chi connectivity index (χ0) is 74.9. The van der Waals surface area contributed by atoms with E-state index in [1.54, 1.807) is 0 Å². The SMILES string of the molecule is CCCCCCCCCCCCCCCCCCCCCC(=O)O[C@H](COC(=O)CCCCCCCCCCCCCCCCCC(C)C)COP(=O)(O)OC[C@@H](O)COP(=O)(O)OC[C@@H](COC(=O)CCCCCCCCCC)OC(=O)CCCCCCCCCCCCCCCCC(C)C. The number of aliphatic hydroxyl groups is 1. The summed E-state index contributed by atoms with van der Waals surface area (Å²) in [5.74, 6) is -0.506. The highest BCUT2D eigenvalue weighted by Crippen LogP contribution is 2.45. The zero-order valence-electron chi connectivity index (χ0n) is 66.9. The molecule has 0 aliphatic carbocycles. The Hall–Kier alpha value is -1.94. The molecule has 0 bridgehead atoms. The van der Waals surface area contributed by atoms with E-state index in [-0.39, 0.29) is 25.7 Å². The fourth-order valence-corrected chi connectivity index (χ4v) is 14.5. The molecule has 102 heavy (non-hydrogen) atoms. The number of hydrogen-bond acceptors (Lipinski definition) is 15. The van der Waals surface area contributed by atoms with Gasteiger partial charge in [-0.05, 0) is 37.5 Å².